The van der Waals surface area contributed by atoms with Gasteiger partial charge in [-0.1, -0.05) is 11.8 Å². The first-order valence-corrected chi connectivity index (χ1v) is 7.53. The van der Waals surface area contributed by atoms with E-state index < -0.39 is 6.29 Å². The second kappa shape index (κ2) is 5.95. The van der Waals surface area contributed by atoms with Gasteiger partial charge in [0.25, 0.3) is 0 Å². The van der Waals surface area contributed by atoms with E-state index in [1.54, 1.807) is 10.7 Å². The van der Waals surface area contributed by atoms with Gasteiger partial charge < -0.3 is 14.6 Å². The summed E-state index contributed by atoms with van der Waals surface area (Å²) in [5.74, 6) is 1.86. The number of hydrogen-bond donors (Lipinski definition) is 3. The first-order chi connectivity index (χ1) is 10.5. The lowest BCUT2D eigenvalue weighted by Crippen LogP contribution is -2.07. The molecule has 0 spiro atoms. The molecule has 0 radical (unpaired) electrons. The van der Waals surface area contributed by atoms with Gasteiger partial charge in [0.15, 0.2) is 17.9 Å². The second-order valence-corrected chi connectivity index (χ2v) is 5.71. The molecule has 3 heterocycles. The van der Waals surface area contributed by atoms with Gasteiger partial charge in [-0.3, -0.25) is 9.78 Å². The molecule has 0 saturated carbocycles. The predicted octanol–water partition coefficient (Wildman–Crippen LogP) is 1.18. The lowest BCUT2D eigenvalue weighted by atomic mass is 10.2. The quantitative estimate of drug-likeness (QED) is 0.477. The molecule has 3 aromatic heterocycles. The number of nitrogens with zero attached hydrogens (tertiary/aromatic N) is 4. The van der Waals surface area contributed by atoms with Gasteiger partial charge in [-0.25, -0.2) is 0 Å². The summed E-state index contributed by atoms with van der Waals surface area (Å²) in [6.45, 7) is 1.92. The van der Waals surface area contributed by atoms with Crippen LogP contribution in [-0.4, -0.2) is 47.2 Å². The molecule has 0 amide bonds. The van der Waals surface area contributed by atoms with E-state index in [0.29, 0.717) is 22.5 Å². The first kappa shape index (κ1) is 14.8. The molecule has 116 valence electrons. The summed E-state index contributed by atoms with van der Waals surface area (Å²) < 4.78 is 7.53. The number of rotatable bonds is 5. The molecule has 3 aromatic rings. The summed E-state index contributed by atoms with van der Waals surface area (Å²) >= 11 is 1.14. The molecule has 0 saturated heterocycles. The standard InChI is InChI=1S/C13H15N5O3S/c1-7-8(5-18(2)17-7)9-3-4-10(21-9)12-14-13(16-15-12)22-6-11(19)20/h3-5,11,19-20H,6H2,1-2H3,(H,14,15,16). The molecule has 0 aliphatic heterocycles. The minimum Gasteiger partial charge on any atom is -0.453 e. The molecule has 22 heavy (non-hydrogen) atoms. The topological polar surface area (TPSA) is 113 Å². The van der Waals surface area contributed by atoms with E-state index in [4.69, 9.17) is 14.6 Å². The van der Waals surface area contributed by atoms with E-state index in [2.05, 4.69) is 20.3 Å². The molecule has 0 bridgehead atoms. The lowest BCUT2D eigenvalue weighted by Gasteiger charge is -1.97. The third-order valence-electron chi connectivity index (χ3n) is 2.94. The van der Waals surface area contributed by atoms with Crippen molar-refractivity contribution in [2.75, 3.05) is 5.75 Å². The van der Waals surface area contributed by atoms with E-state index in [-0.39, 0.29) is 5.75 Å². The van der Waals surface area contributed by atoms with Gasteiger partial charge in [0, 0.05) is 13.2 Å². The van der Waals surface area contributed by atoms with Crippen LogP contribution in [0, 0.1) is 6.92 Å². The van der Waals surface area contributed by atoms with Crippen LogP contribution >= 0.6 is 11.8 Å². The minimum absolute atomic E-state index is 0.107. The van der Waals surface area contributed by atoms with E-state index in [9.17, 15) is 0 Å². The van der Waals surface area contributed by atoms with Crippen molar-refractivity contribution < 1.29 is 14.6 Å². The van der Waals surface area contributed by atoms with Crippen molar-refractivity contribution in [3.05, 3.63) is 24.0 Å². The smallest absolute Gasteiger partial charge is 0.209 e. The number of aromatic amines is 1. The highest BCUT2D eigenvalue weighted by atomic mass is 32.2. The Bertz CT molecular complexity index is 776. The van der Waals surface area contributed by atoms with Gasteiger partial charge in [-0.2, -0.15) is 10.1 Å². The molecule has 8 nitrogen and oxygen atoms in total. The Morgan fingerprint density at radius 3 is 2.82 bits per heavy atom. The fourth-order valence-corrected chi connectivity index (χ4v) is 2.59. The Balaban J connectivity index is 1.80. The maximum absolute atomic E-state index is 8.84. The van der Waals surface area contributed by atoms with Gasteiger partial charge in [0.2, 0.25) is 5.16 Å². The average molecular weight is 321 g/mol. The molecule has 9 heteroatoms. The van der Waals surface area contributed by atoms with Crippen LogP contribution in [0.15, 0.2) is 27.9 Å². The number of hydrogen-bond acceptors (Lipinski definition) is 7. The summed E-state index contributed by atoms with van der Waals surface area (Å²) in [6.07, 6.45) is 0.498. The number of aromatic nitrogens is 5. The summed E-state index contributed by atoms with van der Waals surface area (Å²) in [5.41, 5.74) is 1.81. The molecule has 0 fully saturated rings. The van der Waals surface area contributed by atoms with Crippen molar-refractivity contribution in [3.8, 4) is 22.9 Å². The number of aliphatic hydroxyl groups excluding tert-OH is 1. The summed E-state index contributed by atoms with van der Waals surface area (Å²) in [7, 11) is 1.86. The normalized spacial score (nSPS) is 11.5. The van der Waals surface area contributed by atoms with Crippen molar-refractivity contribution in [1.82, 2.24) is 25.0 Å². The molecule has 0 aliphatic rings. The fourth-order valence-electron chi connectivity index (χ4n) is 2.02. The lowest BCUT2D eigenvalue weighted by molar-refractivity contribution is -0.0186. The molecule has 3 rings (SSSR count). The number of aliphatic hydroxyl groups is 2. The number of thioether (sulfide) groups is 1. The Morgan fingerprint density at radius 1 is 1.36 bits per heavy atom. The predicted molar refractivity (Wildman–Crippen MR) is 80.0 cm³/mol. The van der Waals surface area contributed by atoms with Gasteiger partial charge in [-0.05, 0) is 19.1 Å². The van der Waals surface area contributed by atoms with Crippen molar-refractivity contribution in [2.45, 2.75) is 18.4 Å². The minimum atomic E-state index is -1.39. The highest BCUT2D eigenvalue weighted by Crippen LogP contribution is 2.29. The van der Waals surface area contributed by atoms with Crippen molar-refractivity contribution in [2.24, 2.45) is 7.05 Å². The van der Waals surface area contributed by atoms with Crippen LogP contribution < -0.4 is 0 Å². The van der Waals surface area contributed by atoms with Crippen LogP contribution in [-0.2, 0) is 7.05 Å². The Hall–Kier alpha value is -2.10. The first-order valence-electron chi connectivity index (χ1n) is 6.55. The van der Waals surface area contributed by atoms with Crippen LogP contribution in [0.4, 0.5) is 0 Å². The van der Waals surface area contributed by atoms with Crippen molar-refractivity contribution in [3.63, 3.8) is 0 Å². The van der Waals surface area contributed by atoms with Gasteiger partial charge in [-0.15, -0.1) is 5.10 Å². The summed E-state index contributed by atoms with van der Waals surface area (Å²) in [6, 6.07) is 3.66. The Labute approximate surface area is 130 Å². The van der Waals surface area contributed by atoms with Gasteiger partial charge in [0.1, 0.15) is 5.76 Å². The van der Waals surface area contributed by atoms with Gasteiger partial charge >= 0.3 is 0 Å². The molecule has 0 unspecified atom stereocenters. The summed E-state index contributed by atoms with van der Waals surface area (Å²) in [4.78, 5) is 4.25. The van der Waals surface area contributed by atoms with E-state index >= 15 is 0 Å². The van der Waals surface area contributed by atoms with Crippen molar-refractivity contribution in [1.29, 1.82) is 0 Å². The number of furan rings is 1. The molecule has 0 atom stereocenters. The van der Waals surface area contributed by atoms with E-state index in [0.717, 1.165) is 23.0 Å². The third-order valence-corrected chi connectivity index (χ3v) is 3.85. The highest BCUT2D eigenvalue weighted by molar-refractivity contribution is 7.99. The number of H-pyrrole nitrogens is 1. The molecule has 0 aliphatic carbocycles. The molecule has 3 N–H and O–H groups in total. The van der Waals surface area contributed by atoms with Gasteiger partial charge in [0.05, 0.1) is 17.0 Å². The average Bonchev–Trinajstić information content (AvgIpc) is 3.15. The van der Waals surface area contributed by atoms with E-state index in [1.165, 1.54) is 0 Å². The Kier molecular flexibility index (Phi) is 4.01. The highest BCUT2D eigenvalue weighted by Gasteiger charge is 2.14. The largest absolute Gasteiger partial charge is 0.453 e. The van der Waals surface area contributed by atoms with Crippen LogP contribution in [0.3, 0.4) is 0 Å². The van der Waals surface area contributed by atoms with Crippen molar-refractivity contribution >= 4 is 11.8 Å². The van der Waals surface area contributed by atoms with E-state index in [1.807, 2.05) is 26.2 Å². The fraction of sp³-hybridized carbons (Fsp3) is 0.308. The SMILES string of the molecule is Cc1nn(C)cc1-c1ccc(-c2nc(SCC(O)O)n[nH]2)o1. The zero-order valence-corrected chi connectivity index (χ0v) is 12.8. The third kappa shape index (κ3) is 3.06. The maximum atomic E-state index is 8.84. The van der Waals surface area contributed by atoms with Crippen LogP contribution in [0.2, 0.25) is 0 Å². The zero-order valence-electron chi connectivity index (χ0n) is 12.0. The maximum Gasteiger partial charge on any atom is 0.209 e. The van der Waals surface area contributed by atoms with Crippen LogP contribution in [0.25, 0.3) is 22.9 Å². The molecular formula is C13H15N5O3S. The second-order valence-electron chi connectivity index (χ2n) is 4.72. The van der Waals surface area contributed by atoms with Crippen LogP contribution in [0.5, 0.6) is 0 Å². The van der Waals surface area contributed by atoms with Crippen LogP contribution in [0.1, 0.15) is 5.69 Å². The molecule has 0 aromatic carbocycles. The summed E-state index contributed by atoms with van der Waals surface area (Å²) in [5, 5.41) is 29.2. The Morgan fingerprint density at radius 2 is 2.14 bits per heavy atom. The monoisotopic (exact) mass is 321 g/mol. The zero-order chi connectivity index (χ0) is 15.7. The molecular weight excluding hydrogens is 306 g/mol. The number of aryl methyl sites for hydroxylation is 2. The number of nitrogens with one attached hydrogen (secondary N) is 1.